The maximum atomic E-state index is 11.6. The molecule has 0 fully saturated rings. The number of ether oxygens (including phenoxy) is 2. The Morgan fingerprint density at radius 1 is 1.39 bits per heavy atom. The first kappa shape index (κ1) is 14.1. The molecule has 1 unspecified atom stereocenters. The molecule has 0 aliphatic carbocycles. The first-order valence-corrected chi connectivity index (χ1v) is 5.98. The molecule has 18 heavy (non-hydrogen) atoms. The molecule has 1 atom stereocenters. The predicted octanol–water partition coefficient (Wildman–Crippen LogP) is 0.885. The highest BCUT2D eigenvalue weighted by molar-refractivity contribution is 7.06. The molecule has 0 aliphatic rings. The van der Waals surface area contributed by atoms with Crippen molar-refractivity contribution in [2.24, 2.45) is 0 Å². The van der Waals surface area contributed by atoms with Crippen LogP contribution in [0.1, 0.15) is 35.1 Å². The molecular formula is C10H11N3O4S. The van der Waals surface area contributed by atoms with Crippen LogP contribution in [-0.4, -0.2) is 34.7 Å². The van der Waals surface area contributed by atoms with Gasteiger partial charge in [-0.3, -0.25) is 4.79 Å². The molecule has 0 aliphatic heterocycles. The molecule has 0 saturated carbocycles. The van der Waals surface area contributed by atoms with Crippen molar-refractivity contribution in [3.63, 3.8) is 0 Å². The van der Waals surface area contributed by atoms with Gasteiger partial charge in [-0.2, -0.15) is 5.26 Å². The lowest BCUT2D eigenvalue weighted by molar-refractivity contribution is -0.143. The van der Waals surface area contributed by atoms with Gasteiger partial charge in [-0.25, -0.2) is 4.79 Å². The molecule has 7 nitrogen and oxygen atoms in total. The Labute approximate surface area is 107 Å². The number of hydrogen-bond acceptors (Lipinski definition) is 8. The summed E-state index contributed by atoms with van der Waals surface area (Å²) in [4.78, 5) is 23.3. The molecule has 8 heteroatoms. The van der Waals surface area contributed by atoms with Gasteiger partial charge in [0.15, 0.2) is 11.6 Å². The summed E-state index contributed by atoms with van der Waals surface area (Å²) in [5, 5.41) is 12.6. The fourth-order valence-corrected chi connectivity index (χ4v) is 1.85. The molecule has 1 aromatic heterocycles. The molecule has 1 rings (SSSR count). The van der Waals surface area contributed by atoms with E-state index in [9.17, 15) is 9.59 Å². The highest BCUT2D eigenvalue weighted by atomic mass is 32.1. The van der Waals surface area contributed by atoms with Crippen LogP contribution in [0.5, 0.6) is 0 Å². The number of nitrogens with zero attached hydrogens (tertiary/aromatic N) is 3. The average Bonchev–Trinajstić information content (AvgIpc) is 2.80. The van der Waals surface area contributed by atoms with Gasteiger partial charge in [-0.1, -0.05) is 4.49 Å². The molecule has 0 amide bonds. The standard InChI is InChI=1S/C10H11N3O4S/c1-3-16-9(14)6(5-11)8-7(12-13-18-8)10(15)17-4-2/h6H,3-4H2,1-2H3. The van der Waals surface area contributed by atoms with Crippen molar-refractivity contribution in [3.8, 4) is 6.07 Å². The van der Waals surface area contributed by atoms with Crippen molar-refractivity contribution in [2.45, 2.75) is 19.8 Å². The smallest absolute Gasteiger partial charge is 0.360 e. The van der Waals surface area contributed by atoms with Crippen LogP contribution in [0.25, 0.3) is 0 Å². The number of carbonyl (C=O) groups is 2. The van der Waals surface area contributed by atoms with Gasteiger partial charge in [-0.15, -0.1) is 5.10 Å². The minimum Gasteiger partial charge on any atom is -0.465 e. The molecule has 0 N–H and O–H groups in total. The molecule has 0 spiro atoms. The molecule has 96 valence electrons. The number of aromatic nitrogens is 2. The summed E-state index contributed by atoms with van der Waals surface area (Å²) in [5.74, 6) is -2.63. The highest BCUT2D eigenvalue weighted by Crippen LogP contribution is 2.24. The maximum Gasteiger partial charge on any atom is 0.360 e. The third-order valence-electron chi connectivity index (χ3n) is 1.90. The van der Waals surface area contributed by atoms with Gasteiger partial charge < -0.3 is 9.47 Å². The fraction of sp³-hybridized carbons (Fsp3) is 0.500. The van der Waals surface area contributed by atoms with Crippen molar-refractivity contribution in [2.75, 3.05) is 13.2 Å². The average molecular weight is 269 g/mol. The zero-order valence-corrected chi connectivity index (χ0v) is 10.7. The number of nitriles is 1. The third-order valence-corrected chi connectivity index (χ3v) is 2.68. The van der Waals surface area contributed by atoms with Crippen molar-refractivity contribution >= 4 is 23.5 Å². The van der Waals surface area contributed by atoms with Crippen molar-refractivity contribution in [1.29, 1.82) is 5.26 Å². The number of hydrogen-bond donors (Lipinski definition) is 0. The van der Waals surface area contributed by atoms with Crippen molar-refractivity contribution < 1.29 is 19.1 Å². The number of esters is 2. The first-order chi connectivity index (χ1) is 8.65. The minimum absolute atomic E-state index is 0.110. The Morgan fingerprint density at radius 3 is 2.61 bits per heavy atom. The van der Waals surface area contributed by atoms with Crippen LogP contribution in [0.4, 0.5) is 0 Å². The topological polar surface area (TPSA) is 102 Å². The summed E-state index contributed by atoms with van der Waals surface area (Å²) < 4.78 is 13.1. The summed E-state index contributed by atoms with van der Waals surface area (Å²) in [5.41, 5.74) is -0.110. The summed E-state index contributed by atoms with van der Waals surface area (Å²) in [6.45, 7) is 3.60. The Balaban J connectivity index is 3.01. The zero-order chi connectivity index (χ0) is 13.5. The summed E-state index contributed by atoms with van der Waals surface area (Å²) in [6, 6.07) is 1.77. The van der Waals surface area contributed by atoms with E-state index in [4.69, 9.17) is 14.7 Å². The van der Waals surface area contributed by atoms with Gasteiger partial charge in [0.1, 0.15) is 0 Å². The van der Waals surface area contributed by atoms with Gasteiger partial charge >= 0.3 is 11.9 Å². The summed E-state index contributed by atoms with van der Waals surface area (Å²) >= 11 is 0.805. The molecule has 0 saturated heterocycles. The number of carbonyl (C=O) groups excluding carboxylic acids is 2. The van der Waals surface area contributed by atoms with Crippen LogP contribution in [0.3, 0.4) is 0 Å². The van der Waals surface area contributed by atoms with E-state index in [-0.39, 0.29) is 23.8 Å². The normalized spacial score (nSPS) is 11.4. The van der Waals surface area contributed by atoms with E-state index in [2.05, 4.69) is 9.59 Å². The van der Waals surface area contributed by atoms with Crippen LogP contribution in [0.2, 0.25) is 0 Å². The quantitative estimate of drug-likeness (QED) is 0.731. The second-order valence-electron chi connectivity index (χ2n) is 3.02. The lowest BCUT2D eigenvalue weighted by atomic mass is 10.1. The maximum absolute atomic E-state index is 11.6. The van der Waals surface area contributed by atoms with E-state index in [1.807, 2.05) is 0 Å². The lowest BCUT2D eigenvalue weighted by Crippen LogP contribution is -2.17. The minimum atomic E-state index is -1.20. The number of rotatable bonds is 5. The van der Waals surface area contributed by atoms with E-state index in [1.54, 1.807) is 19.9 Å². The molecular weight excluding hydrogens is 258 g/mol. The fourth-order valence-electron chi connectivity index (χ4n) is 1.17. The second kappa shape index (κ2) is 6.66. The monoisotopic (exact) mass is 269 g/mol. The lowest BCUT2D eigenvalue weighted by Gasteiger charge is -2.06. The molecule has 1 heterocycles. The van der Waals surface area contributed by atoms with Crippen LogP contribution in [0, 0.1) is 11.3 Å². The molecule has 0 radical (unpaired) electrons. The highest BCUT2D eigenvalue weighted by Gasteiger charge is 2.30. The van der Waals surface area contributed by atoms with Crippen LogP contribution < -0.4 is 0 Å². The van der Waals surface area contributed by atoms with Gasteiger partial charge in [-0.05, 0) is 25.4 Å². The van der Waals surface area contributed by atoms with Crippen LogP contribution in [-0.2, 0) is 14.3 Å². The largest absolute Gasteiger partial charge is 0.465 e. The Bertz CT molecular complexity index is 480. The molecule has 0 aromatic carbocycles. The van der Waals surface area contributed by atoms with E-state index >= 15 is 0 Å². The van der Waals surface area contributed by atoms with Gasteiger partial charge in [0.25, 0.3) is 0 Å². The van der Waals surface area contributed by atoms with E-state index in [0.29, 0.717) is 0 Å². The molecule has 1 aromatic rings. The van der Waals surface area contributed by atoms with Gasteiger partial charge in [0.2, 0.25) is 0 Å². The Morgan fingerprint density at radius 2 is 2.06 bits per heavy atom. The van der Waals surface area contributed by atoms with Gasteiger partial charge in [0.05, 0.1) is 24.2 Å². The van der Waals surface area contributed by atoms with E-state index in [0.717, 1.165) is 11.5 Å². The van der Waals surface area contributed by atoms with E-state index in [1.165, 1.54) is 0 Å². The summed E-state index contributed by atoms with van der Waals surface area (Å²) in [6.07, 6.45) is 0. The third kappa shape index (κ3) is 3.01. The Hall–Kier alpha value is -2.01. The van der Waals surface area contributed by atoms with Crippen molar-refractivity contribution in [1.82, 2.24) is 9.59 Å². The van der Waals surface area contributed by atoms with Crippen molar-refractivity contribution in [3.05, 3.63) is 10.6 Å². The van der Waals surface area contributed by atoms with Crippen LogP contribution >= 0.6 is 11.5 Å². The summed E-state index contributed by atoms with van der Waals surface area (Å²) in [7, 11) is 0. The van der Waals surface area contributed by atoms with Crippen LogP contribution in [0.15, 0.2) is 0 Å². The van der Waals surface area contributed by atoms with Gasteiger partial charge in [0, 0.05) is 0 Å². The SMILES string of the molecule is CCOC(=O)c1nnsc1C(C#N)C(=O)OCC. The zero-order valence-electron chi connectivity index (χ0n) is 9.87. The predicted molar refractivity (Wildman–Crippen MR) is 60.9 cm³/mol. The first-order valence-electron chi connectivity index (χ1n) is 5.21. The molecule has 0 bridgehead atoms. The second-order valence-corrected chi connectivity index (χ2v) is 3.81. The van der Waals surface area contributed by atoms with E-state index < -0.39 is 17.9 Å². The Kier molecular flexibility index (Phi) is 5.20.